The summed E-state index contributed by atoms with van der Waals surface area (Å²) in [6.07, 6.45) is 0.351. The van der Waals surface area contributed by atoms with E-state index in [1.54, 1.807) is 17.0 Å². The minimum atomic E-state index is -0.129. The van der Waals surface area contributed by atoms with Crippen LogP contribution in [0.1, 0.15) is 6.42 Å². The van der Waals surface area contributed by atoms with Gasteiger partial charge in [0, 0.05) is 30.8 Å². The summed E-state index contributed by atoms with van der Waals surface area (Å²) in [5, 5.41) is 9.68. The van der Waals surface area contributed by atoms with Crippen LogP contribution in [0, 0.1) is 0 Å². The minimum absolute atomic E-state index is 0.0239. The Bertz CT molecular complexity index is 408. The number of carbonyl (C=O) groups excluding carboxylic acids is 1. The third-order valence-electron chi connectivity index (χ3n) is 2.40. The van der Waals surface area contributed by atoms with E-state index in [2.05, 4.69) is 0 Å². The van der Waals surface area contributed by atoms with Crippen molar-refractivity contribution >= 4 is 23.2 Å². The number of rotatable bonds is 1. The molecule has 1 aromatic carbocycles. The Balaban J connectivity index is 2.30. The topological polar surface area (TPSA) is 66.6 Å². The number of phenolic OH excluding ortho intramolecular Hbond substituents is 1. The summed E-state index contributed by atoms with van der Waals surface area (Å²) in [5.74, 6) is -0.0494. The lowest BCUT2D eigenvalue weighted by Crippen LogP contribution is -2.27. The first-order valence-electron chi connectivity index (χ1n) is 4.62. The van der Waals surface area contributed by atoms with Gasteiger partial charge in [0.2, 0.25) is 5.91 Å². The molecule has 1 amide bonds. The highest BCUT2D eigenvalue weighted by Gasteiger charge is 2.28. The molecular formula is C10H11ClN2O2. The van der Waals surface area contributed by atoms with Crippen LogP contribution in [0.3, 0.4) is 0 Å². The van der Waals surface area contributed by atoms with Crippen LogP contribution in [0.4, 0.5) is 5.69 Å². The van der Waals surface area contributed by atoms with Crippen LogP contribution in [0.25, 0.3) is 0 Å². The largest absolute Gasteiger partial charge is 0.506 e. The number of nitrogens with zero attached hydrogens (tertiary/aromatic N) is 1. The average molecular weight is 227 g/mol. The lowest BCUT2D eigenvalue weighted by atomic mass is 10.3. The van der Waals surface area contributed by atoms with Gasteiger partial charge in [-0.05, 0) is 12.1 Å². The van der Waals surface area contributed by atoms with E-state index in [0.717, 1.165) is 0 Å². The molecule has 0 aromatic heterocycles. The number of anilines is 1. The second-order valence-corrected chi connectivity index (χ2v) is 4.01. The maximum atomic E-state index is 11.5. The molecule has 3 N–H and O–H groups in total. The van der Waals surface area contributed by atoms with Gasteiger partial charge in [-0.2, -0.15) is 0 Å². The van der Waals surface area contributed by atoms with Crippen LogP contribution in [-0.4, -0.2) is 23.6 Å². The van der Waals surface area contributed by atoms with Gasteiger partial charge in [0.05, 0.1) is 5.02 Å². The Morgan fingerprint density at radius 3 is 2.80 bits per heavy atom. The van der Waals surface area contributed by atoms with Gasteiger partial charge >= 0.3 is 0 Å². The summed E-state index contributed by atoms with van der Waals surface area (Å²) in [6.45, 7) is 0.486. The Kier molecular flexibility index (Phi) is 2.54. The third kappa shape index (κ3) is 1.91. The zero-order valence-corrected chi connectivity index (χ0v) is 8.74. The van der Waals surface area contributed by atoms with E-state index >= 15 is 0 Å². The third-order valence-corrected chi connectivity index (χ3v) is 2.72. The molecule has 0 aliphatic carbocycles. The fourth-order valence-electron chi connectivity index (χ4n) is 1.65. The van der Waals surface area contributed by atoms with E-state index in [9.17, 15) is 9.90 Å². The first kappa shape index (κ1) is 10.3. The summed E-state index contributed by atoms with van der Waals surface area (Å²) in [4.78, 5) is 13.1. The lowest BCUT2D eigenvalue weighted by Gasteiger charge is -2.16. The zero-order valence-electron chi connectivity index (χ0n) is 7.98. The Hall–Kier alpha value is -1.26. The fraction of sp³-hybridized carbons (Fsp3) is 0.300. The van der Waals surface area contributed by atoms with E-state index in [4.69, 9.17) is 17.3 Å². The molecule has 0 bridgehead atoms. The molecule has 1 atom stereocenters. The number of amides is 1. The Morgan fingerprint density at radius 1 is 1.53 bits per heavy atom. The van der Waals surface area contributed by atoms with Crippen molar-refractivity contribution in [2.75, 3.05) is 11.4 Å². The SMILES string of the molecule is NC1CC(=O)N(c2ccc(Cl)c(O)c2)C1. The summed E-state index contributed by atoms with van der Waals surface area (Å²) < 4.78 is 0. The van der Waals surface area contributed by atoms with Crippen molar-refractivity contribution in [2.45, 2.75) is 12.5 Å². The molecule has 1 unspecified atom stereocenters. The molecule has 1 aromatic rings. The molecule has 1 saturated heterocycles. The van der Waals surface area contributed by atoms with Gasteiger partial charge in [-0.3, -0.25) is 4.79 Å². The van der Waals surface area contributed by atoms with E-state index in [0.29, 0.717) is 18.7 Å². The lowest BCUT2D eigenvalue weighted by molar-refractivity contribution is -0.117. The van der Waals surface area contributed by atoms with Gasteiger partial charge in [-0.25, -0.2) is 0 Å². The predicted octanol–water partition coefficient (Wildman–Crippen LogP) is 1.11. The molecule has 1 heterocycles. The average Bonchev–Trinajstić information content (AvgIpc) is 2.50. The number of hydrogen-bond donors (Lipinski definition) is 2. The monoisotopic (exact) mass is 226 g/mol. The summed E-state index contributed by atoms with van der Waals surface area (Å²) in [6, 6.07) is 4.59. The molecule has 80 valence electrons. The molecule has 1 aliphatic heterocycles. The van der Waals surface area contributed by atoms with E-state index in [-0.39, 0.29) is 22.7 Å². The van der Waals surface area contributed by atoms with Crippen LogP contribution >= 0.6 is 11.6 Å². The standard InChI is InChI=1S/C10H11ClN2O2/c11-8-2-1-7(4-9(8)14)13-5-6(12)3-10(13)15/h1-2,4,6,14H,3,5,12H2. The van der Waals surface area contributed by atoms with Gasteiger partial charge in [-0.15, -0.1) is 0 Å². The molecule has 0 radical (unpaired) electrons. The smallest absolute Gasteiger partial charge is 0.228 e. The normalized spacial score (nSPS) is 21.1. The number of nitrogens with two attached hydrogens (primary N) is 1. The molecule has 0 saturated carbocycles. The van der Waals surface area contributed by atoms with Crippen molar-refractivity contribution in [1.29, 1.82) is 0 Å². The van der Waals surface area contributed by atoms with Gasteiger partial charge < -0.3 is 15.7 Å². The summed E-state index contributed by atoms with van der Waals surface area (Å²) in [5.41, 5.74) is 6.30. The molecule has 5 heteroatoms. The molecule has 0 spiro atoms. The van der Waals surface area contributed by atoms with E-state index in [1.807, 2.05) is 0 Å². The predicted molar refractivity (Wildman–Crippen MR) is 58.1 cm³/mol. The molecule has 1 fully saturated rings. The zero-order chi connectivity index (χ0) is 11.0. The van der Waals surface area contributed by atoms with Crippen LogP contribution in [-0.2, 0) is 4.79 Å². The molecule has 4 nitrogen and oxygen atoms in total. The number of aromatic hydroxyl groups is 1. The van der Waals surface area contributed by atoms with Crippen LogP contribution < -0.4 is 10.6 Å². The van der Waals surface area contributed by atoms with Crippen molar-refractivity contribution in [1.82, 2.24) is 0 Å². The van der Waals surface area contributed by atoms with Crippen LogP contribution in [0.5, 0.6) is 5.75 Å². The number of carbonyl (C=O) groups is 1. The van der Waals surface area contributed by atoms with Gasteiger partial charge in [0.1, 0.15) is 5.75 Å². The quantitative estimate of drug-likeness (QED) is 0.754. The number of benzene rings is 1. The van der Waals surface area contributed by atoms with Gasteiger partial charge in [-0.1, -0.05) is 11.6 Å². The van der Waals surface area contributed by atoms with Crippen LogP contribution in [0.15, 0.2) is 18.2 Å². The maximum Gasteiger partial charge on any atom is 0.228 e. The highest BCUT2D eigenvalue weighted by atomic mass is 35.5. The Morgan fingerprint density at radius 2 is 2.27 bits per heavy atom. The van der Waals surface area contributed by atoms with Gasteiger partial charge in [0.25, 0.3) is 0 Å². The molecule has 1 aliphatic rings. The second kappa shape index (κ2) is 3.72. The fourth-order valence-corrected chi connectivity index (χ4v) is 1.77. The molecule has 15 heavy (non-hydrogen) atoms. The molecular weight excluding hydrogens is 216 g/mol. The minimum Gasteiger partial charge on any atom is -0.506 e. The highest BCUT2D eigenvalue weighted by molar-refractivity contribution is 6.32. The van der Waals surface area contributed by atoms with Gasteiger partial charge in [0.15, 0.2) is 0 Å². The van der Waals surface area contributed by atoms with Crippen molar-refractivity contribution < 1.29 is 9.90 Å². The summed E-state index contributed by atoms with van der Waals surface area (Å²) >= 11 is 5.67. The highest BCUT2D eigenvalue weighted by Crippen LogP contribution is 2.30. The van der Waals surface area contributed by atoms with Crippen LogP contribution in [0.2, 0.25) is 5.02 Å². The van der Waals surface area contributed by atoms with Crippen molar-refractivity contribution in [3.8, 4) is 5.75 Å². The van der Waals surface area contributed by atoms with E-state index in [1.165, 1.54) is 6.07 Å². The van der Waals surface area contributed by atoms with E-state index < -0.39 is 0 Å². The van der Waals surface area contributed by atoms with Crippen molar-refractivity contribution in [3.05, 3.63) is 23.2 Å². The van der Waals surface area contributed by atoms with Crippen molar-refractivity contribution in [3.63, 3.8) is 0 Å². The first-order chi connectivity index (χ1) is 7.08. The first-order valence-corrected chi connectivity index (χ1v) is 5.00. The number of phenols is 1. The molecule has 2 rings (SSSR count). The maximum absolute atomic E-state index is 11.5. The van der Waals surface area contributed by atoms with Crippen molar-refractivity contribution in [2.24, 2.45) is 5.73 Å². The number of hydrogen-bond acceptors (Lipinski definition) is 3. The Labute approximate surface area is 92.2 Å². The number of halogens is 1. The summed E-state index contributed by atoms with van der Waals surface area (Å²) in [7, 11) is 0. The second-order valence-electron chi connectivity index (χ2n) is 3.60.